The lowest BCUT2D eigenvalue weighted by atomic mass is 9.97. The van der Waals surface area contributed by atoms with Gasteiger partial charge >= 0.3 is 5.97 Å². The fraction of sp³-hybridized carbons (Fsp3) is 0.381. The maximum atomic E-state index is 14.4. The van der Waals surface area contributed by atoms with Crippen molar-refractivity contribution in [3.05, 3.63) is 59.9 Å². The Bertz CT molecular complexity index is 674. The molecular formula is C21H26ClFO3. The van der Waals surface area contributed by atoms with Crippen LogP contribution in [0.25, 0.3) is 11.1 Å². The largest absolute Gasteiger partial charge is 0.463 e. The zero-order valence-electron chi connectivity index (χ0n) is 15.7. The molecule has 5 heteroatoms. The van der Waals surface area contributed by atoms with Gasteiger partial charge in [-0.25, -0.2) is 4.39 Å². The van der Waals surface area contributed by atoms with E-state index in [9.17, 15) is 9.18 Å². The van der Waals surface area contributed by atoms with Crippen LogP contribution in [0.1, 0.15) is 39.2 Å². The summed E-state index contributed by atoms with van der Waals surface area (Å²) < 4.78 is 24.6. The molecule has 2 aromatic carbocycles. The second kappa shape index (κ2) is 11.7. The average Bonchev–Trinajstić information content (AvgIpc) is 2.66. The number of hydrogen-bond acceptors (Lipinski definition) is 3. The van der Waals surface area contributed by atoms with E-state index in [0.29, 0.717) is 11.1 Å². The molecule has 0 N–H and O–H groups in total. The van der Waals surface area contributed by atoms with Gasteiger partial charge in [-0.2, -0.15) is 0 Å². The van der Waals surface area contributed by atoms with Crippen LogP contribution in [0.2, 0.25) is 0 Å². The van der Waals surface area contributed by atoms with Crippen molar-refractivity contribution in [1.82, 2.24) is 0 Å². The fourth-order valence-corrected chi connectivity index (χ4v) is 2.36. The third-order valence-electron chi connectivity index (χ3n) is 3.61. The van der Waals surface area contributed by atoms with Crippen LogP contribution in [-0.4, -0.2) is 24.7 Å². The average molecular weight is 381 g/mol. The second-order valence-corrected chi connectivity index (χ2v) is 6.02. The Labute approximate surface area is 160 Å². The van der Waals surface area contributed by atoms with Gasteiger partial charge in [0.05, 0.1) is 12.5 Å². The van der Waals surface area contributed by atoms with E-state index in [-0.39, 0.29) is 19.0 Å². The van der Waals surface area contributed by atoms with E-state index in [4.69, 9.17) is 21.1 Å². The molecule has 2 atom stereocenters. The third-order valence-corrected chi connectivity index (χ3v) is 3.73. The van der Waals surface area contributed by atoms with Crippen molar-refractivity contribution in [2.75, 3.05) is 13.2 Å². The van der Waals surface area contributed by atoms with E-state index >= 15 is 0 Å². The Hall–Kier alpha value is -1.91. The van der Waals surface area contributed by atoms with Crippen LogP contribution in [0, 0.1) is 5.82 Å². The number of carbonyl (C=O) groups excluding carboxylic acids is 1. The number of halogens is 2. The van der Waals surface area contributed by atoms with Gasteiger partial charge in [0, 0.05) is 5.56 Å². The van der Waals surface area contributed by atoms with Crippen LogP contribution >= 0.6 is 11.6 Å². The van der Waals surface area contributed by atoms with E-state index in [1.807, 2.05) is 44.2 Å². The quantitative estimate of drug-likeness (QED) is 0.347. The number of alkyl halides is 1. The minimum absolute atomic E-state index is 0.116. The summed E-state index contributed by atoms with van der Waals surface area (Å²) in [5.74, 6) is -1.34. The molecule has 142 valence electrons. The molecule has 0 amide bonds. The van der Waals surface area contributed by atoms with E-state index in [1.54, 1.807) is 26.0 Å². The first-order chi connectivity index (χ1) is 12.5. The summed E-state index contributed by atoms with van der Waals surface area (Å²) >= 11 is 5.63. The van der Waals surface area contributed by atoms with Gasteiger partial charge in [-0.3, -0.25) is 4.79 Å². The molecule has 0 aromatic heterocycles. The highest BCUT2D eigenvalue weighted by molar-refractivity contribution is 6.19. The Kier molecular flexibility index (Phi) is 9.92. The second-order valence-electron chi connectivity index (χ2n) is 5.41. The predicted octanol–water partition coefficient (Wildman–Crippen LogP) is 5.77. The molecule has 0 fully saturated rings. The van der Waals surface area contributed by atoms with Crippen molar-refractivity contribution in [3.63, 3.8) is 0 Å². The lowest BCUT2D eigenvalue weighted by molar-refractivity contribution is -0.146. The highest BCUT2D eigenvalue weighted by atomic mass is 35.5. The van der Waals surface area contributed by atoms with Gasteiger partial charge in [-0.05, 0) is 31.0 Å². The zero-order chi connectivity index (χ0) is 19.5. The van der Waals surface area contributed by atoms with Gasteiger partial charge in [-0.15, -0.1) is 0 Å². The normalized spacial score (nSPS) is 12.5. The van der Waals surface area contributed by atoms with Gasteiger partial charge in [0.15, 0.2) is 0 Å². The van der Waals surface area contributed by atoms with Crippen LogP contribution in [-0.2, 0) is 14.3 Å². The molecule has 0 spiro atoms. The molecule has 0 aliphatic carbocycles. The summed E-state index contributed by atoms with van der Waals surface area (Å²) in [6, 6.07) is 14.1. The molecule has 2 unspecified atom stereocenters. The molecule has 2 rings (SSSR count). The van der Waals surface area contributed by atoms with Crippen LogP contribution in [0.15, 0.2) is 48.5 Å². The SMILES string of the molecule is CC.CC(Cl)OCCOC(=O)C(C)c1ccc(-c2ccccc2)c(F)c1. The molecule has 0 saturated heterocycles. The van der Waals surface area contributed by atoms with Crippen molar-refractivity contribution < 1.29 is 18.7 Å². The van der Waals surface area contributed by atoms with Gasteiger partial charge in [0.25, 0.3) is 0 Å². The van der Waals surface area contributed by atoms with Gasteiger partial charge in [0.1, 0.15) is 18.0 Å². The molecule has 3 nitrogen and oxygen atoms in total. The number of benzene rings is 2. The highest BCUT2D eigenvalue weighted by Crippen LogP contribution is 2.26. The monoisotopic (exact) mass is 380 g/mol. The zero-order valence-corrected chi connectivity index (χ0v) is 16.4. The molecule has 2 aromatic rings. The van der Waals surface area contributed by atoms with Gasteiger partial charge < -0.3 is 9.47 Å². The van der Waals surface area contributed by atoms with Crippen molar-refractivity contribution in [2.45, 2.75) is 39.2 Å². The van der Waals surface area contributed by atoms with Gasteiger partial charge in [-0.1, -0.05) is 67.9 Å². The highest BCUT2D eigenvalue weighted by Gasteiger charge is 2.18. The number of esters is 1. The van der Waals surface area contributed by atoms with Gasteiger partial charge in [0.2, 0.25) is 0 Å². The minimum Gasteiger partial charge on any atom is -0.463 e. The molecule has 0 radical (unpaired) electrons. The Morgan fingerprint density at radius 1 is 1.08 bits per heavy atom. The van der Waals surface area contributed by atoms with Crippen molar-refractivity contribution in [3.8, 4) is 11.1 Å². The van der Waals surface area contributed by atoms with Crippen LogP contribution < -0.4 is 0 Å². The first-order valence-corrected chi connectivity index (χ1v) is 9.20. The summed E-state index contributed by atoms with van der Waals surface area (Å²) in [4.78, 5) is 12.0. The van der Waals surface area contributed by atoms with Crippen LogP contribution in [0.5, 0.6) is 0 Å². The smallest absolute Gasteiger partial charge is 0.313 e. The maximum Gasteiger partial charge on any atom is 0.313 e. The predicted molar refractivity (Wildman–Crippen MR) is 104 cm³/mol. The third kappa shape index (κ3) is 6.77. The minimum atomic E-state index is -0.558. The summed E-state index contributed by atoms with van der Waals surface area (Å²) in [5, 5.41) is 0. The molecule has 26 heavy (non-hydrogen) atoms. The lowest BCUT2D eigenvalue weighted by Crippen LogP contribution is -2.17. The Morgan fingerprint density at radius 3 is 2.31 bits per heavy atom. The number of rotatable bonds is 7. The molecular weight excluding hydrogens is 355 g/mol. The summed E-state index contributed by atoms with van der Waals surface area (Å²) in [6.45, 7) is 7.71. The molecule has 0 saturated carbocycles. The van der Waals surface area contributed by atoms with E-state index < -0.39 is 17.5 Å². The Balaban J connectivity index is 0.00000163. The summed E-state index contributed by atoms with van der Waals surface area (Å²) in [7, 11) is 0. The molecule has 0 aliphatic heterocycles. The van der Waals surface area contributed by atoms with E-state index in [1.165, 1.54) is 6.07 Å². The maximum absolute atomic E-state index is 14.4. The summed E-state index contributed by atoms with van der Waals surface area (Å²) in [5.41, 5.74) is 1.44. The van der Waals surface area contributed by atoms with Crippen molar-refractivity contribution in [2.24, 2.45) is 0 Å². The number of ether oxygens (including phenoxy) is 2. The summed E-state index contributed by atoms with van der Waals surface area (Å²) in [6.07, 6.45) is 0. The van der Waals surface area contributed by atoms with E-state index in [0.717, 1.165) is 5.56 Å². The lowest BCUT2D eigenvalue weighted by Gasteiger charge is -2.14. The van der Waals surface area contributed by atoms with Crippen LogP contribution in [0.3, 0.4) is 0 Å². The first-order valence-electron chi connectivity index (χ1n) is 8.76. The van der Waals surface area contributed by atoms with Crippen molar-refractivity contribution in [1.29, 1.82) is 0 Å². The van der Waals surface area contributed by atoms with Crippen molar-refractivity contribution >= 4 is 17.6 Å². The molecule has 0 bridgehead atoms. The van der Waals surface area contributed by atoms with E-state index in [2.05, 4.69) is 0 Å². The fourth-order valence-electron chi connectivity index (χ4n) is 2.27. The number of hydrogen-bond donors (Lipinski definition) is 0. The first kappa shape index (κ1) is 22.1. The topological polar surface area (TPSA) is 35.5 Å². The molecule has 0 heterocycles. The molecule has 0 aliphatic rings. The number of carbonyl (C=O) groups is 1. The standard InChI is InChI=1S/C19H20ClFO3.C2H6/c1-13(19(22)24-11-10-23-14(2)20)16-8-9-17(18(21)12-16)15-6-4-3-5-7-15;1-2/h3-9,12-14H,10-11H2,1-2H3;1-2H3. The Morgan fingerprint density at radius 2 is 1.73 bits per heavy atom. The van der Waals surface area contributed by atoms with Crippen LogP contribution in [0.4, 0.5) is 4.39 Å².